The molecule has 0 radical (unpaired) electrons. The van der Waals surface area contributed by atoms with E-state index in [9.17, 15) is 0 Å². The summed E-state index contributed by atoms with van der Waals surface area (Å²) in [7, 11) is 0. The van der Waals surface area contributed by atoms with Gasteiger partial charge in [0.25, 0.3) is 0 Å². The first-order chi connectivity index (χ1) is 10.4. The summed E-state index contributed by atoms with van der Waals surface area (Å²) in [4.78, 5) is 14.4. The zero-order valence-electron chi connectivity index (χ0n) is 12.4. The van der Waals surface area contributed by atoms with Gasteiger partial charge in [0.15, 0.2) is 0 Å². The molecule has 0 N–H and O–H groups in total. The largest absolute Gasteiger partial charge is 0.353 e. The molecule has 1 saturated heterocycles. The number of hydrogen-bond donors (Lipinski definition) is 0. The first-order valence-electron chi connectivity index (χ1n) is 8.11. The molecule has 2 fully saturated rings. The van der Waals surface area contributed by atoms with Crippen LogP contribution in [0.1, 0.15) is 25.7 Å². The fraction of sp³-hybridized carbons (Fsp3) is 0.529. The Labute approximate surface area is 125 Å². The smallest absolute Gasteiger partial charge is 0.147 e. The molecule has 1 aliphatic carbocycles. The maximum absolute atomic E-state index is 4.77. The maximum atomic E-state index is 4.77. The summed E-state index contributed by atoms with van der Waals surface area (Å²) < 4.78 is 0. The molecule has 0 amide bonds. The van der Waals surface area contributed by atoms with Crippen molar-refractivity contribution < 1.29 is 0 Å². The minimum Gasteiger partial charge on any atom is -0.353 e. The van der Waals surface area contributed by atoms with Crippen molar-refractivity contribution in [2.45, 2.75) is 31.7 Å². The molecule has 110 valence electrons. The summed E-state index contributed by atoms with van der Waals surface area (Å²) >= 11 is 0. The Bertz CT molecular complexity index is 613. The Kier molecular flexibility index (Phi) is 3.47. The predicted molar refractivity (Wildman–Crippen MR) is 85.6 cm³/mol. The summed E-state index contributed by atoms with van der Waals surface area (Å²) in [6.45, 7) is 4.48. The topological polar surface area (TPSA) is 32.3 Å². The molecule has 21 heavy (non-hydrogen) atoms. The van der Waals surface area contributed by atoms with Gasteiger partial charge in [0, 0.05) is 32.2 Å². The van der Waals surface area contributed by atoms with E-state index in [-0.39, 0.29) is 0 Å². The number of fused-ring (bicyclic) bond motifs is 1. The minimum absolute atomic E-state index is 0.842. The van der Waals surface area contributed by atoms with Crippen LogP contribution in [0.3, 0.4) is 0 Å². The van der Waals surface area contributed by atoms with Crippen molar-refractivity contribution in [2.24, 2.45) is 0 Å². The van der Waals surface area contributed by atoms with E-state index in [0.717, 1.165) is 36.0 Å². The highest BCUT2D eigenvalue weighted by Gasteiger charge is 2.26. The first kappa shape index (κ1) is 13.0. The summed E-state index contributed by atoms with van der Waals surface area (Å²) in [5.74, 6) is 1.03. The molecule has 1 saturated carbocycles. The SMILES string of the molecule is c1ccc2nc(N3CCN(C4CCCC4)CC3)cnc2c1. The molecule has 2 heterocycles. The molecule has 2 aliphatic rings. The second kappa shape index (κ2) is 5.60. The number of rotatable bonds is 2. The van der Waals surface area contributed by atoms with Gasteiger partial charge in [0.2, 0.25) is 0 Å². The van der Waals surface area contributed by atoms with Crippen LogP contribution in [0.15, 0.2) is 30.5 Å². The Morgan fingerprint density at radius 1 is 0.905 bits per heavy atom. The third-order valence-electron chi connectivity index (χ3n) is 4.92. The van der Waals surface area contributed by atoms with Gasteiger partial charge in [-0.05, 0) is 25.0 Å². The molecule has 0 atom stereocenters. The summed E-state index contributed by atoms with van der Waals surface area (Å²) in [5, 5.41) is 0. The monoisotopic (exact) mass is 282 g/mol. The van der Waals surface area contributed by atoms with Gasteiger partial charge in [-0.2, -0.15) is 0 Å². The van der Waals surface area contributed by atoms with Gasteiger partial charge in [0.05, 0.1) is 17.2 Å². The van der Waals surface area contributed by atoms with Crippen LogP contribution >= 0.6 is 0 Å². The summed E-state index contributed by atoms with van der Waals surface area (Å²) in [5.41, 5.74) is 1.97. The van der Waals surface area contributed by atoms with Crippen LogP contribution in [0.4, 0.5) is 5.82 Å². The van der Waals surface area contributed by atoms with Gasteiger partial charge in [-0.25, -0.2) is 4.98 Å². The molecule has 0 spiro atoms. The van der Waals surface area contributed by atoms with Gasteiger partial charge in [-0.1, -0.05) is 25.0 Å². The van der Waals surface area contributed by atoms with Crippen molar-refractivity contribution in [3.63, 3.8) is 0 Å². The zero-order valence-corrected chi connectivity index (χ0v) is 12.4. The van der Waals surface area contributed by atoms with Crippen molar-refractivity contribution >= 4 is 16.9 Å². The lowest BCUT2D eigenvalue weighted by molar-refractivity contribution is 0.187. The van der Waals surface area contributed by atoms with Crippen LogP contribution in [0, 0.1) is 0 Å². The molecular formula is C17H22N4. The second-order valence-electron chi connectivity index (χ2n) is 6.18. The Hall–Kier alpha value is -1.68. The standard InChI is InChI=1S/C17H22N4/c1-2-6-14(5-1)20-9-11-21(12-10-20)17-13-18-15-7-3-4-8-16(15)19-17/h3-4,7-8,13-14H,1-2,5-6,9-12H2. The van der Waals surface area contributed by atoms with Gasteiger partial charge in [-0.15, -0.1) is 0 Å². The highest BCUT2D eigenvalue weighted by atomic mass is 15.3. The van der Waals surface area contributed by atoms with Crippen molar-refractivity contribution in [1.29, 1.82) is 0 Å². The average molecular weight is 282 g/mol. The zero-order chi connectivity index (χ0) is 14.1. The number of benzene rings is 1. The van der Waals surface area contributed by atoms with E-state index in [4.69, 9.17) is 4.98 Å². The lowest BCUT2D eigenvalue weighted by atomic mass is 10.2. The van der Waals surface area contributed by atoms with E-state index in [2.05, 4.69) is 14.8 Å². The van der Waals surface area contributed by atoms with Crippen LogP contribution < -0.4 is 4.90 Å². The molecule has 4 nitrogen and oxygen atoms in total. The number of nitrogens with zero attached hydrogens (tertiary/aromatic N) is 4. The molecule has 1 aromatic carbocycles. The van der Waals surface area contributed by atoms with Gasteiger partial charge in [-0.3, -0.25) is 9.88 Å². The normalized spacial score (nSPS) is 21.2. The fourth-order valence-corrected chi connectivity index (χ4v) is 3.69. The quantitative estimate of drug-likeness (QED) is 0.848. The van der Waals surface area contributed by atoms with Crippen molar-refractivity contribution in [3.8, 4) is 0 Å². The molecule has 1 aromatic heterocycles. The van der Waals surface area contributed by atoms with Gasteiger partial charge < -0.3 is 4.90 Å². The summed E-state index contributed by atoms with van der Waals surface area (Å²) in [6.07, 6.45) is 7.56. The number of piperazine rings is 1. The lowest BCUT2D eigenvalue weighted by Gasteiger charge is -2.38. The number of aromatic nitrogens is 2. The first-order valence-corrected chi connectivity index (χ1v) is 8.11. The molecule has 0 bridgehead atoms. The van der Waals surface area contributed by atoms with Crippen molar-refractivity contribution in [2.75, 3.05) is 31.1 Å². The molecule has 4 rings (SSSR count). The molecule has 0 unspecified atom stereocenters. The average Bonchev–Trinajstić information content (AvgIpc) is 3.09. The maximum Gasteiger partial charge on any atom is 0.147 e. The molecular weight excluding hydrogens is 260 g/mol. The van der Waals surface area contributed by atoms with Crippen LogP contribution in [0.2, 0.25) is 0 Å². The van der Waals surface area contributed by atoms with Crippen LogP contribution in [-0.2, 0) is 0 Å². The van der Waals surface area contributed by atoms with E-state index >= 15 is 0 Å². The van der Waals surface area contributed by atoms with Crippen LogP contribution in [0.25, 0.3) is 11.0 Å². The van der Waals surface area contributed by atoms with Crippen LogP contribution in [-0.4, -0.2) is 47.1 Å². The lowest BCUT2D eigenvalue weighted by Crippen LogP contribution is -2.50. The Balaban J connectivity index is 1.46. The van der Waals surface area contributed by atoms with Gasteiger partial charge >= 0.3 is 0 Å². The van der Waals surface area contributed by atoms with E-state index in [0.29, 0.717) is 0 Å². The number of para-hydroxylation sites is 2. The molecule has 4 heteroatoms. The Morgan fingerprint density at radius 3 is 2.38 bits per heavy atom. The number of hydrogen-bond acceptors (Lipinski definition) is 4. The van der Waals surface area contributed by atoms with Crippen molar-refractivity contribution in [3.05, 3.63) is 30.5 Å². The van der Waals surface area contributed by atoms with E-state index < -0.39 is 0 Å². The highest BCUT2D eigenvalue weighted by molar-refractivity contribution is 5.75. The van der Waals surface area contributed by atoms with E-state index in [1.807, 2.05) is 30.5 Å². The number of anilines is 1. The predicted octanol–water partition coefficient (Wildman–Crippen LogP) is 2.69. The third kappa shape index (κ3) is 2.60. The Morgan fingerprint density at radius 2 is 1.62 bits per heavy atom. The highest BCUT2D eigenvalue weighted by Crippen LogP contribution is 2.25. The molecule has 2 aromatic rings. The van der Waals surface area contributed by atoms with Gasteiger partial charge in [0.1, 0.15) is 5.82 Å². The van der Waals surface area contributed by atoms with E-state index in [1.54, 1.807) is 0 Å². The van der Waals surface area contributed by atoms with Crippen LogP contribution in [0.5, 0.6) is 0 Å². The van der Waals surface area contributed by atoms with E-state index in [1.165, 1.54) is 38.8 Å². The van der Waals surface area contributed by atoms with Crippen molar-refractivity contribution in [1.82, 2.24) is 14.9 Å². The second-order valence-corrected chi connectivity index (χ2v) is 6.18. The fourth-order valence-electron chi connectivity index (χ4n) is 3.69. The minimum atomic E-state index is 0.842. The molecule has 1 aliphatic heterocycles. The third-order valence-corrected chi connectivity index (χ3v) is 4.92. The summed E-state index contributed by atoms with van der Waals surface area (Å²) in [6, 6.07) is 8.94.